The zero-order chi connectivity index (χ0) is 11.0. The van der Waals surface area contributed by atoms with Crippen molar-refractivity contribution in [3.8, 4) is 0 Å². The average Bonchev–Trinajstić information content (AvgIpc) is 2.01. The number of hydrogen-bond acceptors (Lipinski definition) is 2. The summed E-state index contributed by atoms with van der Waals surface area (Å²) in [6.45, 7) is 12.9. The normalized spacial score (nSPS) is 13.0. The third-order valence-corrected chi connectivity index (χ3v) is 2.20. The standard InChI is InChI=1S/C12H20N2/c1-11(2,3)9-7-8-10(14-13-9)12(4,5)6/h7-8H,1-6H3. The van der Waals surface area contributed by atoms with Gasteiger partial charge in [0.1, 0.15) is 0 Å². The van der Waals surface area contributed by atoms with Crippen LogP contribution in [-0.4, -0.2) is 10.2 Å². The second-order valence-corrected chi connectivity index (χ2v) is 5.80. The van der Waals surface area contributed by atoms with Crippen molar-refractivity contribution in [2.75, 3.05) is 0 Å². The van der Waals surface area contributed by atoms with Gasteiger partial charge >= 0.3 is 0 Å². The smallest absolute Gasteiger partial charge is 0.0684 e. The summed E-state index contributed by atoms with van der Waals surface area (Å²) < 4.78 is 0. The van der Waals surface area contributed by atoms with Gasteiger partial charge in [0.25, 0.3) is 0 Å². The molecule has 0 aromatic carbocycles. The van der Waals surface area contributed by atoms with Gasteiger partial charge in [-0.2, -0.15) is 10.2 Å². The van der Waals surface area contributed by atoms with Gasteiger partial charge in [-0.15, -0.1) is 0 Å². The summed E-state index contributed by atoms with van der Waals surface area (Å²) >= 11 is 0. The van der Waals surface area contributed by atoms with Crippen LogP contribution in [0.5, 0.6) is 0 Å². The molecular weight excluding hydrogens is 172 g/mol. The van der Waals surface area contributed by atoms with Crippen molar-refractivity contribution in [2.24, 2.45) is 0 Å². The molecule has 0 spiro atoms. The van der Waals surface area contributed by atoms with Crippen LogP contribution < -0.4 is 0 Å². The van der Waals surface area contributed by atoms with E-state index in [2.05, 4.69) is 63.9 Å². The quantitative estimate of drug-likeness (QED) is 0.631. The largest absolute Gasteiger partial charge is 0.155 e. The summed E-state index contributed by atoms with van der Waals surface area (Å²) in [4.78, 5) is 0. The Balaban J connectivity index is 3.02. The number of rotatable bonds is 0. The van der Waals surface area contributed by atoms with E-state index >= 15 is 0 Å². The summed E-state index contributed by atoms with van der Waals surface area (Å²) in [5, 5.41) is 8.53. The number of nitrogens with zero attached hydrogens (tertiary/aromatic N) is 2. The van der Waals surface area contributed by atoms with E-state index in [0.717, 1.165) is 11.4 Å². The Morgan fingerprint density at radius 2 is 1.00 bits per heavy atom. The zero-order valence-corrected chi connectivity index (χ0v) is 10.0. The second kappa shape index (κ2) is 3.34. The van der Waals surface area contributed by atoms with Gasteiger partial charge in [0.2, 0.25) is 0 Å². The van der Waals surface area contributed by atoms with Gasteiger partial charge in [-0.3, -0.25) is 0 Å². The van der Waals surface area contributed by atoms with Crippen LogP contribution in [0.25, 0.3) is 0 Å². The maximum Gasteiger partial charge on any atom is 0.0684 e. The molecule has 78 valence electrons. The molecule has 0 atom stereocenters. The van der Waals surface area contributed by atoms with Crippen LogP contribution in [-0.2, 0) is 10.8 Å². The van der Waals surface area contributed by atoms with Gasteiger partial charge in [-0.05, 0) is 12.1 Å². The van der Waals surface area contributed by atoms with E-state index in [-0.39, 0.29) is 10.8 Å². The molecule has 1 heterocycles. The highest BCUT2D eigenvalue weighted by Gasteiger charge is 2.19. The Kier molecular flexibility index (Phi) is 2.66. The van der Waals surface area contributed by atoms with E-state index in [0.29, 0.717) is 0 Å². The predicted molar refractivity (Wildman–Crippen MR) is 59.4 cm³/mol. The van der Waals surface area contributed by atoms with Crippen LogP contribution in [0, 0.1) is 0 Å². The third kappa shape index (κ3) is 2.53. The number of aromatic nitrogens is 2. The zero-order valence-electron chi connectivity index (χ0n) is 10.0. The van der Waals surface area contributed by atoms with Gasteiger partial charge < -0.3 is 0 Å². The molecule has 0 amide bonds. The molecule has 1 rings (SSSR count). The van der Waals surface area contributed by atoms with Crippen LogP contribution in [0.2, 0.25) is 0 Å². The van der Waals surface area contributed by atoms with E-state index < -0.39 is 0 Å². The SMILES string of the molecule is CC(C)(C)c1ccc(C(C)(C)C)nn1. The minimum atomic E-state index is 0.0867. The first kappa shape index (κ1) is 11.2. The molecule has 0 aliphatic rings. The van der Waals surface area contributed by atoms with E-state index in [1.54, 1.807) is 0 Å². The topological polar surface area (TPSA) is 25.8 Å². The fourth-order valence-electron chi connectivity index (χ4n) is 1.13. The van der Waals surface area contributed by atoms with E-state index in [4.69, 9.17) is 0 Å². The van der Waals surface area contributed by atoms with E-state index in [1.165, 1.54) is 0 Å². The number of hydrogen-bond donors (Lipinski definition) is 0. The summed E-state index contributed by atoms with van der Waals surface area (Å²) in [5.41, 5.74) is 2.27. The summed E-state index contributed by atoms with van der Waals surface area (Å²) in [7, 11) is 0. The van der Waals surface area contributed by atoms with Crippen LogP contribution in [0.3, 0.4) is 0 Å². The fraction of sp³-hybridized carbons (Fsp3) is 0.667. The van der Waals surface area contributed by atoms with Crippen LogP contribution in [0.4, 0.5) is 0 Å². The molecule has 0 fully saturated rings. The third-order valence-electron chi connectivity index (χ3n) is 2.20. The van der Waals surface area contributed by atoms with Crippen molar-refractivity contribution in [3.63, 3.8) is 0 Å². The minimum Gasteiger partial charge on any atom is -0.155 e. The highest BCUT2D eigenvalue weighted by atomic mass is 15.1. The van der Waals surface area contributed by atoms with Gasteiger partial charge in [-0.25, -0.2) is 0 Å². The first-order valence-electron chi connectivity index (χ1n) is 5.06. The molecule has 0 radical (unpaired) electrons. The lowest BCUT2D eigenvalue weighted by atomic mass is 9.89. The van der Waals surface area contributed by atoms with Gasteiger partial charge in [0.05, 0.1) is 11.4 Å². The fourth-order valence-corrected chi connectivity index (χ4v) is 1.13. The summed E-state index contributed by atoms with van der Waals surface area (Å²) in [6, 6.07) is 4.15. The van der Waals surface area contributed by atoms with Crippen LogP contribution >= 0.6 is 0 Å². The lowest BCUT2D eigenvalue weighted by molar-refractivity contribution is 0.527. The average molecular weight is 192 g/mol. The molecule has 1 aromatic rings. The molecule has 2 heteroatoms. The van der Waals surface area contributed by atoms with E-state index in [9.17, 15) is 0 Å². The molecular formula is C12H20N2. The van der Waals surface area contributed by atoms with Crippen molar-refractivity contribution in [1.82, 2.24) is 10.2 Å². The molecule has 0 aliphatic heterocycles. The van der Waals surface area contributed by atoms with Crippen LogP contribution in [0.15, 0.2) is 12.1 Å². The van der Waals surface area contributed by atoms with Crippen molar-refractivity contribution >= 4 is 0 Å². The molecule has 1 aromatic heterocycles. The maximum absolute atomic E-state index is 4.27. The molecule has 0 saturated carbocycles. The summed E-state index contributed by atoms with van der Waals surface area (Å²) in [6.07, 6.45) is 0. The Labute approximate surface area is 86.8 Å². The van der Waals surface area contributed by atoms with E-state index in [1.807, 2.05) is 0 Å². The van der Waals surface area contributed by atoms with Gasteiger partial charge in [0, 0.05) is 10.8 Å². The molecule has 0 aliphatic carbocycles. The molecule has 0 saturated heterocycles. The minimum absolute atomic E-state index is 0.0867. The molecule has 0 unspecified atom stereocenters. The molecule has 0 N–H and O–H groups in total. The molecule has 2 nitrogen and oxygen atoms in total. The van der Waals surface area contributed by atoms with Gasteiger partial charge in [-0.1, -0.05) is 41.5 Å². The summed E-state index contributed by atoms with van der Waals surface area (Å²) in [5.74, 6) is 0. The monoisotopic (exact) mass is 192 g/mol. The van der Waals surface area contributed by atoms with Gasteiger partial charge in [0.15, 0.2) is 0 Å². The maximum atomic E-state index is 4.27. The Morgan fingerprint density at radius 3 is 1.14 bits per heavy atom. The Morgan fingerprint density at radius 1 is 0.714 bits per heavy atom. The highest BCUT2D eigenvalue weighted by Crippen LogP contribution is 2.23. The van der Waals surface area contributed by atoms with Crippen molar-refractivity contribution in [2.45, 2.75) is 52.4 Å². The molecule has 0 bridgehead atoms. The predicted octanol–water partition coefficient (Wildman–Crippen LogP) is 3.07. The van der Waals surface area contributed by atoms with Crippen molar-refractivity contribution in [3.05, 3.63) is 23.5 Å². The lowest BCUT2D eigenvalue weighted by Crippen LogP contribution is -2.18. The van der Waals surface area contributed by atoms with Crippen LogP contribution in [0.1, 0.15) is 52.9 Å². The Hall–Kier alpha value is -0.920. The molecule has 14 heavy (non-hydrogen) atoms. The van der Waals surface area contributed by atoms with Crippen molar-refractivity contribution < 1.29 is 0 Å². The second-order valence-electron chi connectivity index (χ2n) is 5.80. The Bertz CT molecular complexity index is 266. The first-order chi connectivity index (χ1) is 6.21. The van der Waals surface area contributed by atoms with Crippen molar-refractivity contribution in [1.29, 1.82) is 0 Å². The first-order valence-corrected chi connectivity index (χ1v) is 5.06. The highest BCUT2D eigenvalue weighted by molar-refractivity contribution is 5.18. The lowest BCUT2D eigenvalue weighted by Gasteiger charge is -2.20.